The zero-order valence-corrected chi connectivity index (χ0v) is 20.5. The Balaban J connectivity index is 1.82. The van der Waals surface area contributed by atoms with Crippen LogP contribution >= 0.6 is 0 Å². The van der Waals surface area contributed by atoms with Gasteiger partial charge in [-0.2, -0.15) is 0 Å². The number of nitrogens with two attached hydrogens (primary N) is 1. The predicted octanol–water partition coefficient (Wildman–Crippen LogP) is 7.60. The molecule has 0 bridgehead atoms. The van der Waals surface area contributed by atoms with Crippen LogP contribution in [0.4, 0.5) is 5.69 Å². The van der Waals surface area contributed by atoms with Crippen LogP contribution in [-0.2, 0) is 6.54 Å². The summed E-state index contributed by atoms with van der Waals surface area (Å²) in [5.74, 6) is 0. The Bertz CT molecular complexity index is 1070. The molecule has 2 nitrogen and oxygen atoms in total. The second-order valence-corrected chi connectivity index (χ2v) is 10.1. The third-order valence-electron chi connectivity index (χ3n) is 6.97. The molecule has 2 heteroatoms. The maximum Gasteiger partial charge on any atom is 0.0439 e. The van der Waals surface area contributed by atoms with Crippen LogP contribution in [0, 0.1) is 27.7 Å². The SMILES string of the molecule is Cc1cc(C)cc(-c2cc(CN(C)C3CCCCC3)c(N)c(-c3cc(C)cc(C)c3)c2)c1. The van der Waals surface area contributed by atoms with Crippen LogP contribution in [0.3, 0.4) is 0 Å². The van der Waals surface area contributed by atoms with E-state index in [0.717, 1.165) is 17.8 Å². The second kappa shape index (κ2) is 9.50. The van der Waals surface area contributed by atoms with Gasteiger partial charge in [-0.1, -0.05) is 77.9 Å². The van der Waals surface area contributed by atoms with Crippen LogP contribution in [0.25, 0.3) is 22.3 Å². The fourth-order valence-corrected chi connectivity index (χ4v) is 5.44. The minimum atomic E-state index is 0.665. The van der Waals surface area contributed by atoms with E-state index in [1.807, 2.05) is 0 Å². The highest BCUT2D eigenvalue weighted by Gasteiger charge is 2.20. The lowest BCUT2D eigenvalue weighted by molar-refractivity contribution is 0.185. The third-order valence-corrected chi connectivity index (χ3v) is 6.97. The molecule has 3 aromatic rings. The summed E-state index contributed by atoms with van der Waals surface area (Å²) in [6, 6.07) is 18.9. The van der Waals surface area contributed by atoms with E-state index < -0.39 is 0 Å². The average molecular weight is 427 g/mol. The summed E-state index contributed by atoms with van der Waals surface area (Å²) in [7, 11) is 2.27. The van der Waals surface area contributed by atoms with Crippen molar-refractivity contribution in [3.05, 3.63) is 76.3 Å². The van der Waals surface area contributed by atoms with Crippen LogP contribution in [0.1, 0.15) is 59.9 Å². The topological polar surface area (TPSA) is 29.3 Å². The fourth-order valence-electron chi connectivity index (χ4n) is 5.44. The third kappa shape index (κ3) is 5.07. The van der Waals surface area contributed by atoms with Crippen molar-refractivity contribution in [1.29, 1.82) is 0 Å². The Kier molecular flexibility index (Phi) is 6.71. The first kappa shape index (κ1) is 22.6. The Morgan fingerprint density at radius 2 is 1.19 bits per heavy atom. The normalized spacial score (nSPS) is 14.8. The van der Waals surface area contributed by atoms with Gasteiger partial charge in [0.25, 0.3) is 0 Å². The lowest BCUT2D eigenvalue weighted by Crippen LogP contribution is -2.33. The summed E-state index contributed by atoms with van der Waals surface area (Å²) in [6.07, 6.45) is 6.68. The number of nitrogen functional groups attached to an aromatic ring is 1. The molecule has 3 aromatic carbocycles. The Morgan fingerprint density at radius 3 is 1.75 bits per heavy atom. The first-order valence-corrected chi connectivity index (χ1v) is 12.1. The minimum absolute atomic E-state index is 0.665. The van der Waals surface area contributed by atoms with E-state index in [1.54, 1.807) is 0 Å². The largest absolute Gasteiger partial charge is 0.398 e. The Hall–Kier alpha value is -2.58. The van der Waals surface area contributed by atoms with Gasteiger partial charge >= 0.3 is 0 Å². The van der Waals surface area contributed by atoms with E-state index in [4.69, 9.17) is 5.73 Å². The molecule has 0 spiro atoms. The predicted molar refractivity (Wildman–Crippen MR) is 139 cm³/mol. The van der Waals surface area contributed by atoms with Crippen LogP contribution in [0.15, 0.2) is 48.5 Å². The number of nitrogens with zero attached hydrogens (tertiary/aromatic N) is 1. The number of anilines is 1. The number of hydrogen-bond acceptors (Lipinski definition) is 2. The molecule has 32 heavy (non-hydrogen) atoms. The number of rotatable bonds is 5. The van der Waals surface area contributed by atoms with Crippen molar-refractivity contribution >= 4 is 5.69 Å². The van der Waals surface area contributed by atoms with Gasteiger partial charge in [0.2, 0.25) is 0 Å². The molecule has 0 amide bonds. The van der Waals surface area contributed by atoms with Crippen molar-refractivity contribution in [2.45, 2.75) is 72.4 Å². The summed E-state index contributed by atoms with van der Waals surface area (Å²) in [5.41, 5.74) is 19.1. The summed E-state index contributed by atoms with van der Waals surface area (Å²) < 4.78 is 0. The molecule has 0 saturated heterocycles. The molecule has 0 aliphatic heterocycles. The highest BCUT2D eigenvalue weighted by atomic mass is 15.1. The zero-order chi connectivity index (χ0) is 22.8. The van der Waals surface area contributed by atoms with Crippen molar-refractivity contribution in [2.24, 2.45) is 0 Å². The lowest BCUT2D eigenvalue weighted by atomic mass is 9.90. The molecule has 1 aliphatic rings. The van der Waals surface area contributed by atoms with Gasteiger partial charge in [-0.3, -0.25) is 4.90 Å². The van der Waals surface area contributed by atoms with Crippen molar-refractivity contribution < 1.29 is 0 Å². The molecule has 1 saturated carbocycles. The molecule has 2 N–H and O–H groups in total. The maximum atomic E-state index is 6.87. The molecule has 4 rings (SSSR count). The molecular weight excluding hydrogens is 388 g/mol. The molecule has 1 fully saturated rings. The van der Waals surface area contributed by atoms with Gasteiger partial charge in [-0.25, -0.2) is 0 Å². The number of benzene rings is 3. The smallest absolute Gasteiger partial charge is 0.0439 e. The van der Waals surface area contributed by atoms with Crippen molar-refractivity contribution in [1.82, 2.24) is 4.90 Å². The summed E-state index contributed by atoms with van der Waals surface area (Å²) in [6.45, 7) is 9.58. The Labute approximate surface area is 194 Å². The highest BCUT2D eigenvalue weighted by Crippen LogP contribution is 2.37. The van der Waals surface area contributed by atoms with Gasteiger partial charge in [-0.15, -0.1) is 0 Å². The lowest BCUT2D eigenvalue weighted by Gasteiger charge is -2.32. The van der Waals surface area contributed by atoms with Crippen LogP contribution in [-0.4, -0.2) is 18.0 Å². The van der Waals surface area contributed by atoms with E-state index in [0.29, 0.717) is 6.04 Å². The standard InChI is InChI=1S/C30H38N2/c1-20-11-21(2)14-24(13-20)25-17-27(19-32(5)28-9-7-6-8-10-28)30(31)29(18-25)26-15-22(3)12-23(4)16-26/h11-18,28H,6-10,19,31H2,1-5H3. The van der Waals surface area contributed by atoms with E-state index in [9.17, 15) is 0 Å². The average Bonchev–Trinajstić information content (AvgIpc) is 2.74. The molecule has 1 aliphatic carbocycles. The van der Waals surface area contributed by atoms with Gasteiger partial charge in [0.1, 0.15) is 0 Å². The first-order chi connectivity index (χ1) is 15.3. The van der Waals surface area contributed by atoms with Crippen LogP contribution in [0.5, 0.6) is 0 Å². The molecule has 168 valence electrons. The van der Waals surface area contributed by atoms with Gasteiger partial charge in [0.05, 0.1) is 0 Å². The van der Waals surface area contributed by atoms with Gasteiger partial charge in [-0.05, 0) is 82.0 Å². The van der Waals surface area contributed by atoms with Crippen LogP contribution in [0.2, 0.25) is 0 Å². The highest BCUT2D eigenvalue weighted by molar-refractivity contribution is 5.85. The molecule has 0 radical (unpaired) electrons. The van der Waals surface area contributed by atoms with Crippen molar-refractivity contribution in [2.75, 3.05) is 12.8 Å². The molecule has 0 atom stereocenters. The van der Waals surface area contributed by atoms with Gasteiger partial charge in [0, 0.05) is 23.8 Å². The molecular formula is C30H38N2. The molecule has 0 unspecified atom stereocenters. The zero-order valence-electron chi connectivity index (χ0n) is 20.5. The van der Waals surface area contributed by atoms with E-state index >= 15 is 0 Å². The molecule has 0 aromatic heterocycles. The van der Waals surface area contributed by atoms with Gasteiger partial charge in [0.15, 0.2) is 0 Å². The van der Waals surface area contributed by atoms with E-state index in [-0.39, 0.29) is 0 Å². The summed E-state index contributed by atoms with van der Waals surface area (Å²) in [5, 5.41) is 0. The quantitative estimate of drug-likeness (QED) is 0.426. The first-order valence-electron chi connectivity index (χ1n) is 12.1. The number of hydrogen-bond donors (Lipinski definition) is 1. The summed E-state index contributed by atoms with van der Waals surface area (Å²) in [4.78, 5) is 2.53. The maximum absolute atomic E-state index is 6.87. The van der Waals surface area contributed by atoms with Crippen molar-refractivity contribution in [3.8, 4) is 22.3 Å². The van der Waals surface area contributed by atoms with Gasteiger partial charge < -0.3 is 5.73 Å². The monoisotopic (exact) mass is 426 g/mol. The fraction of sp³-hybridized carbons (Fsp3) is 0.400. The molecule has 0 heterocycles. The summed E-state index contributed by atoms with van der Waals surface area (Å²) >= 11 is 0. The van der Waals surface area contributed by atoms with E-state index in [1.165, 1.54) is 76.6 Å². The minimum Gasteiger partial charge on any atom is -0.398 e. The number of aryl methyl sites for hydroxylation is 4. The van der Waals surface area contributed by atoms with Crippen LogP contribution < -0.4 is 5.73 Å². The van der Waals surface area contributed by atoms with E-state index in [2.05, 4.69) is 88.2 Å². The van der Waals surface area contributed by atoms with Crippen molar-refractivity contribution in [3.63, 3.8) is 0 Å². The second-order valence-electron chi connectivity index (χ2n) is 10.1. The Morgan fingerprint density at radius 1 is 0.688 bits per heavy atom.